The van der Waals surface area contributed by atoms with E-state index in [-0.39, 0.29) is 11.7 Å². The van der Waals surface area contributed by atoms with Crippen molar-refractivity contribution >= 4 is 41.1 Å². The van der Waals surface area contributed by atoms with Gasteiger partial charge in [0.25, 0.3) is 0 Å². The van der Waals surface area contributed by atoms with E-state index in [1.165, 1.54) is 0 Å². The summed E-state index contributed by atoms with van der Waals surface area (Å²) >= 11 is 0.554. The summed E-state index contributed by atoms with van der Waals surface area (Å²) in [7, 11) is 1.10. The number of carbonyl (C=O) groups is 5. The number of amides is 1. The first-order chi connectivity index (χ1) is 13.1. The second-order valence-electron chi connectivity index (χ2n) is 5.83. The maximum absolute atomic E-state index is 11.7. The first-order valence-corrected chi connectivity index (χ1v) is 9.20. The molecule has 0 saturated heterocycles. The van der Waals surface area contributed by atoms with Crippen molar-refractivity contribution in [3.8, 4) is 0 Å². The Morgan fingerprint density at radius 1 is 0.786 bits per heavy atom. The molecule has 0 aliphatic rings. The lowest BCUT2D eigenvalue weighted by molar-refractivity contribution is -0.156. The predicted octanol–water partition coefficient (Wildman–Crippen LogP) is 1.44. The van der Waals surface area contributed by atoms with Crippen molar-refractivity contribution in [1.82, 2.24) is 5.32 Å². The molecule has 0 aliphatic carbocycles. The van der Waals surface area contributed by atoms with E-state index in [4.69, 9.17) is 0 Å². The molecule has 160 valence electrons. The van der Waals surface area contributed by atoms with Crippen LogP contribution >= 0.6 is 11.8 Å². The second-order valence-corrected chi connectivity index (χ2v) is 6.78. The molecule has 0 rings (SSSR count). The molecule has 0 fully saturated rings. The summed E-state index contributed by atoms with van der Waals surface area (Å²) < 4.78 is 23.2. The quantitative estimate of drug-likeness (QED) is 0.309. The Bertz CT molecular complexity index is 564. The van der Waals surface area contributed by atoms with E-state index in [0.717, 1.165) is 7.11 Å². The van der Waals surface area contributed by atoms with E-state index in [1.807, 2.05) is 0 Å². The SMILES string of the molecule is COC(=O)[C@H](CSC(=O)OCOC(=O)C(C)C)NC(=O)OCOC(=O)C(C)C. The van der Waals surface area contributed by atoms with E-state index < -0.39 is 54.8 Å². The van der Waals surface area contributed by atoms with Gasteiger partial charge in [-0.2, -0.15) is 0 Å². The molecule has 11 nitrogen and oxygen atoms in total. The monoisotopic (exact) mass is 423 g/mol. The van der Waals surface area contributed by atoms with Crippen molar-refractivity contribution in [2.24, 2.45) is 11.8 Å². The number of methoxy groups -OCH3 is 1. The molecular weight excluding hydrogens is 398 g/mol. The van der Waals surface area contributed by atoms with Gasteiger partial charge in [0.05, 0.1) is 18.9 Å². The molecule has 1 N–H and O–H groups in total. The molecule has 0 unspecified atom stereocenters. The highest BCUT2D eigenvalue weighted by Gasteiger charge is 2.24. The molecular formula is C16H25NO10S. The Kier molecular flexibility index (Phi) is 12.4. The standard InChI is InChI=1S/C16H25NO10S/c1-9(2)12(18)24-7-26-15(21)17-11(14(20)23-5)6-28-16(22)27-8-25-13(19)10(3)4/h9-11H,6-8H2,1-5H3,(H,17,21)/t11-/m0/s1. The average Bonchev–Trinajstić information content (AvgIpc) is 2.63. The van der Waals surface area contributed by atoms with Gasteiger partial charge in [0, 0.05) is 5.75 Å². The maximum atomic E-state index is 11.7. The summed E-state index contributed by atoms with van der Waals surface area (Å²) in [4.78, 5) is 57.4. The smallest absolute Gasteiger partial charge is 0.410 e. The minimum Gasteiger partial charge on any atom is -0.467 e. The maximum Gasteiger partial charge on any atom is 0.410 e. The third kappa shape index (κ3) is 11.3. The Labute approximate surface area is 166 Å². The average molecular weight is 423 g/mol. The van der Waals surface area contributed by atoms with Gasteiger partial charge in [0.2, 0.25) is 13.6 Å². The minimum absolute atomic E-state index is 0.232. The van der Waals surface area contributed by atoms with Crippen LogP contribution in [-0.4, -0.2) is 61.8 Å². The van der Waals surface area contributed by atoms with Crippen LogP contribution in [0.15, 0.2) is 0 Å². The largest absolute Gasteiger partial charge is 0.467 e. The first kappa shape index (κ1) is 25.5. The van der Waals surface area contributed by atoms with Gasteiger partial charge in [-0.25, -0.2) is 14.4 Å². The lowest BCUT2D eigenvalue weighted by Crippen LogP contribution is -2.44. The van der Waals surface area contributed by atoms with E-state index in [1.54, 1.807) is 27.7 Å². The Morgan fingerprint density at radius 3 is 1.75 bits per heavy atom. The van der Waals surface area contributed by atoms with Crippen LogP contribution in [0.4, 0.5) is 9.59 Å². The zero-order chi connectivity index (χ0) is 21.7. The van der Waals surface area contributed by atoms with Gasteiger partial charge in [0.1, 0.15) is 6.04 Å². The topological polar surface area (TPSA) is 144 Å². The molecule has 1 atom stereocenters. The second kappa shape index (κ2) is 13.6. The fourth-order valence-electron chi connectivity index (χ4n) is 1.30. The number of hydrogen-bond acceptors (Lipinski definition) is 11. The van der Waals surface area contributed by atoms with Gasteiger partial charge in [0.15, 0.2) is 0 Å². The summed E-state index contributed by atoms with van der Waals surface area (Å²) in [6, 6.07) is -1.23. The van der Waals surface area contributed by atoms with Crippen LogP contribution < -0.4 is 5.32 Å². The van der Waals surface area contributed by atoms with Crippen LogP contribution in [0, 0.1) is 11.8 Å². The molecule has 0 radical (unpaired) electrons. The number of ether oxygens (including phenoxy) is 5. The zero-order valence-corrected chi connectivity index (χ0v) is 17.2. The third-order valence-electron chi connectivity index (χ3n) is 2.86. The number of nitrogens with one attached hydrogen (secondary N) is 1. The molecule has 0 aromatic carbocycles. The van der Waals surface area contributed by atoms with E-state index in [0.29, 0.717) is 11.8 Å². The Balaban J connectivity index is 4.35. The van der Waals surface area contributed by atoms with Gasteiger partial charge in [-0.15, -0.1) is 0 Å². The summed E-state index contributed by atoms with van der Waals surface area (Å²) in [6.45, 7) is 5.25. The number of esters is 3. The fourth-order valence-corrected chi connectivity index (χ4v) is 1.95. The van der Waals surface area contributed by atoms with Crippen molar-refractivity contribution in [3.63, 3.8) is 0 Å². The van der Waals surface area contributed by atoms with Crippen molar-refractivity contribution < 1.29 is 47.7 Å². The molecule has 0 heterocycles. The van der Waals surface area contributed by atoms with E-state index in [9.17, 15) is 24.0 Å². The predicted molar refractivity (Wildman–Crippen MR) is 96.0 cm³/mol. The highest BCUT2D eigenvalue weighted by atomic mass is 32.2. The number of rotatable bonds is 10. The fraction of sp³-hybridized carbons (Fsp3) is 0.688. The first-order valence-electron chi connectivity index (χ1n) is 8.22. The van der Waals surface area contributed by atoms with Gasteiger partial charge in [-0.3, -0.25) is 9.59 Å². The number of carbonyl (C=O) groups excluding carboxylic acids is 5. The molecule has 28 heavy (non-hydrogen) atoms. The highest BCUT2D eigenvalue weighted by molar-refractivity contribution is 8.13. The molecule has 0 saturated carbocycles. The summed E-state index contributed by atoms with van der Waals surface area (Å²) in [5.41, 5.74) is 0. The molecule has 0 aliphatic heterocycles. The van der Waals surface area contributed by atoms with E-state index >= 15 is 0 Å². The normalized spacial score (nSPS) is 11.4. The van der Waals surface area contributed by atoms with Crippen molar-refractivity contribution in [2.45, 2.75) is 33.7 Å². The molecule has 0 aromatic heterocycles. The Morgan fingerprint density at radius 2 is 1.29 bits per heavy atom. The molecule has 12 heteroatoms. The lowest BCUT2D eigenvalue weighted by Gasteiger charge is -2.16. The minimum atomic E-state index is -1.23. The van der Waals surface area contributed by atoms with Gasteiger partial charge in [-0.1, -0.05) is 27.7 Å². The summed E-state index contributed by atoms with van der Waals surface area (Å²) in [5, 5.41) is 1.35. The van der Waals surface area contributed by atoms with Gasteiger partial charge < -0.3 is 29.0 Å². The Hall–Kier alpha value is -2.50. The van der Waals surface area contributed by atoms with Crippen molar-refractivity contribution in [3.05, 3.63) is 0 Å². The van der Waals surface area contributed by atoms with Crippen LogP contribution in [0.3, 0.4) is 0 Å². The van der Waals surface area contributed by atoms with Crippen LogP contribution in [0.25, 0.3) is 0 Å². The summed E-state index contributed by atoms with van der Waals surface area (Å²) in [5.74, 6) is -2.92. The number of alkyl carbamates (subject to hydrolysis) is 1. The molecule has 0 bridgehead atoms. The highest BCUT2D eigenvalue weighted by Crippen LogP contribution is 2.09. The van der Waals surface area contributed by atoms with Crippen molar-refractivity contribution in [2.75, 3.05) is 26.4 Å². The third-order valence-corrected chi connectivity index (χ3v) is 3.71. The van der Waals surface area contributed by atoms with Crippen LogP contribution in [0.1, 0.15) is 27.7 Å². The number of thioether (sulfide) groups is 1. The molecule has 0 aromatic rings. The van der Waals surface area contributed by atoms with Gasteiger partial charge >= 0.3 is 29.3 Å². The molecule has 0 spiro atoms. The zero-order valence-electron chi connectivity index (χ0n) is 16.3. The number of hydrogen-bond donors (Lipinski definition) is 1. The molecule has 1 amide bonds. The van der Waals surface area contributed by atoms with Crippen molar-refractivity contribution in [1.29, 1.82) is 0 Å². The van der Waals surface area contributed by atoms with Crippen LogP contribution in [0.5, 0.6) is 0 Å². The van der Waals surface area contributed by atoms with Gasteiger partial charge in [-0.05, 0) is 11.8 Å². The van der Waals surface area contributed by atoms with Crippen LogP contribution in [0.2, 0.25) is 0 Å². The summed E-state index contributed by atoms with van der Waals surface area (Å²) in [6.07, 6.45) is -1.05. The van der Waals surface area contributed by atoms with E-state index in [2.05, 4.69) is 29.0 Å². The lowest BCUT2D eigenvalue weighted by atomic mass is 10.2. The van der Waals surface area contributed by atoms with Crippen LogP contribution in [-0.2, 0) is 38.1 Å².